The summed E-state index contributed by atoms with van der Waals surface area (Å²) < 4.78 is 12.7. The molecule has 178 valence electrons. The Labute approximate surface area is 205 Å². The van der Waals surface area contributed by atoms with E-state index in [0.29, 0.717) is 15.8 Å². The number of methoxy groups -OCH3 is 1. The molecule has 2 aliphatic rings. The lowest BCUT2D eigenvalue weighted by molar-refractivity contribution is -0.0846. The molecule has 2 fully saturated rings. The molecule has 0 radical (unpaired) electrons. The van der Waals surface area contributed by atoms with Crippen LogP contribution in [0.25, 0.3) is 5.69 Å². The average molecular weight is 502 g/mol. The molecule has 3 aromatic rings. The zero-order chi connectivity index (χ0) is 24.0. The highest BCUT2D eigenvalue weighted by Crippen LogP contribution is 2.57. The van der Waals surface area contributed by atoms with Gasteiger partial charge < -0.3 is 20.5 Å². The maximum Gasteiger partial charge on any atom is 0.277 e. The van der Waals surface area contributed by atoms with E-state index in [4.69, 9.17) is 26.8 Å². The Bertz CT molecular complexity index is 1240. The molecule has 1 spiro atoms. The van der Waals surface area contributed by atoms with Gasteiger partial charge in [0, 0.05) is 11.1 Å². The third kappa shape index (κ3) is 4.12. The second kappa shape index (κ2) is 8.59. The minimum Gasteiger partial charge on any atom is -0.473 e. The number of amides is 2. The summed E-state index contributed by atoms with van der Waals surface area (Å²) in [6, 6.07) is 7.43. The van der Waals surface area contributed by atoms with Crippen molar-refractivity contribution in [1.82, 2.24) is 20.1 Å². The lowest BCUT2D eigenvalue weighted by Gasteiger charge is -2.57. The lowest BCUT2D eigenvalue weighted by Crippen LogP contribution is -2.58. The molecule has 2 heterocycles. The molecule has 2 amide bonds. The average Bonchev–Trinajstić information content (AvgIpc) is 3.34. The molecule has 11 heteroatoms. The number of carbonyl (C=O) groups is 2. The SMILES string of the molecule is COc1nc(O[C@H]2CC3(C[C@H](NC(=O)c4cnn(-c5ccc(Cl)cc5)c4C)C3)C2)c(C(N)=O)s1. The Balaban J connectivity index is 1.14. The maximum absolute atomic E-state index is 12.8. The molecule has 1 aromatic carbocycles. The van der Waals surface area contributed by atoms with Crippen LogP contribution >= 0.6 is 22.9 Å². The van der Waals surface area contributed by atoms with Gasteiger partial charge in [-0.1, -0.05) is 22.9 Å². The number of nitrogens with one attached hydrogen (secondary N) is 1. The van der Waals surface area contributed by atoms with Crippen LogP contribution in [0.1, 0.15) is 51.4 Å². The lowest BCUT2D eigenvalue weighted by atomic mass is 9.53. The fourth-order valence-electron chi connectivity index (χ4n) is 4.92. The predicted molar refractivity (Wildman–Crippen MR) is 127 cm³/mol. The molecule has 2 aromatic heterocycles. The standard InChI is InChI=1S/C23H24ClN5O4S/c1-12-17(11-26-29(12)15-5-3-13(24)4-6-15)20(31)27-14-7-23(8-14)9-16(10-23)33-21-18(19(25)30)34-22(28-21)32-2/h3-6,11,14,16H,7-10H2,1-2H3,(H2,25,30)(H,27,31)/t14-,16-,23?. The van der Waals surface area contributed by atoms with Gasteiger partial charge >= 0.3 is 0 Å². The van der Waals surface area contributed by atoms with Crippen molar-refractivity contribution in [3.63, 3.8) is 0 Å². The van der Waals surface area contributed by atoms with Gasteiger partial charge in [-0.25, -0.2) is 4.68 Å². The first-order valence-electron chi connectivity index (χ1n) is 10.9. The summed E-state index contributed by atoms with van der Waals surface area (Å²) in [7, 11) is 1.48. The first kappa shape index (κ1) is 22.7. The van der Waals surface area contributed by atoms with Gasteiger partial charge in [-0.2, -0.15) is 10.1 Å². The third-order valence-electron chi connectivity index (χ3n) is 6.59. The normalized spacial score (nSPS) is 23.1. The van der Waals surface area contributed by atoms with Crippen LogP contribution in [-0.4, -0.2) is 45.8 Å². The van der Waals surface area contributed by atoms with Crippen LogP contribution in [0.15, 0.2) is 30.5 Å². The Kier molecular flexibility index (Phi) is 5.73. The van der Waals surface area contributed by atoms with Crippen molar-refractivity contribution in [2.75, 3.05) is 7.11 Å². The number of hydrogen-bond acceptors (Lipinski definition) is 7. The van der Waals surface area contributed by atoms with Gasteiger partial charge in [0.05, 0.1) is 30.3 Å². The van der Waals surface area contributed by atoms with Gasteiger partial charge in [0.15, 0.2) is 4.88 Å². The summed E-state index contributed by atoms with van der Waals surface area (Å²) in [6.07, 6.45) is 5.06. The van der Waals surface area contributed by atoms with Crippen molar-refractivity contribution in [2.45, 2.75) is 44.8 Å². The van der Waals surface area contributed by atoms with E-state index in [1.165, 1.54) is 7.11 Å². The number of thiazole rings is 1. The molecule has 0 aliphatic heterocycles. The Hall–Kier alpha value is -3.11. The highest BCUT2D eigenvalue weighted by atomic mass is 35.5. The molecule has 3 N–H and O–H groups in total. The Morgan fingerprint density at radius 1 is 1.24 bits per heavy atom. The summed E-state index contributed by atoms with van der Waals surface area (Å²) in [5, 5.41) is 8.49. The second-order valence-corrected chi connectivity index (χ2v) is 10.3. The molecule has 34 heavy (non-hydrogen) atoms. The fourth-order valence-corrected chi connectivity index (χ4v) is 5.71. The van der Waals surface area contributed by atoms with Gasteiger partial charge in [0.1, 0.15) is 6.10 Å². The summed E-state index contributed by atoms with van der Waals surface area (Å²) >= 11 is 7.04. The molecule has 0 atom stereocenters. The second-order valence-electron chi connectivity index (χ2n) is 8.94. The quantitative estimate of drug-likeness (QED) is 0.511. The number of ether oxygens (including phenoxy) is 2. The van der Waals surface area contributed by atoms with Gasteiger partial charge in [-0.3, -0.25) is 9.59 Å². The van der Waals surface area contributed by atoms with Crippen molar-refractivity contribution < 1.29 is 19.1 Å². The van der Waals surface area contributed by atoms with Crippen LogP contribution in [0.4, 0.5) is 0 Å². The molecular weight excluding hydrogens is 478 g/mol. The van der Waals surface area contributed by atoms with Crippen LogP contribution < -0.4 is 20.5 Å². The number of carbonyl (C=O) groups excluding carboxylic acids is 2. The van der Waals surface area contributed by atoms with E-state index >= 15 is 0 Å². The van der Waals surface area contributed by atoms with Gasteiger partial charge in [-0.05, 0) is 62.3 Å². The van der Waals surface area contributed by atoms with E-state index in [0.717, 1.165) is 48.4 Å². The van der Waals surface area contributed by atoms with Crippen molar-refractivity contribution in [1.29, 1.82) is 0 Å². The first-order chi connectivity index (χ1) is 16.3. The molecule has 0 saturated heterocycles. The number of primary amides is 1. The molecule has 0 unspecified atom stereocenters. The van der Waals surface area contributed by atoms with Crippen molar-refractivity contribution >= 4 is 34.8 Å². The maximum atomic E-state index is 12.8. The topological polar surface area (TPSA) is 121 Å². The first-order valence-corrected chi connectivity index (χ1v) is 12.1. The summed E-state index contributed by atoms with van der Waals surface area (Å²) in [5.41, 5.74) is 7.76. The third-order valence-corrected chi connectivity index (χ3v) is 7.86. The van der Waals surface area contributed by atoms with E-state index in [-0.39, 0.29) is 34.2 Å². The van der Waals surface area contributed by atoms with Crippen molar-refractivity contribution in [3.8, 4) is 16.8 Å². The summed E-state index contributed by atoms with van der Waals surface area (Å²) in [5.74, 6) is -0.456. The minimum absolute atomic E-state index is 0.0265. The zero-order valence-electron chi connectivity index (χ0n) is 18.7. The highest BCUT2D eigenvalue weighted by Gasteiger charge is 2.54. The van der Waals surface area contributed by atoms with Crippen LogP contribution in [-0.2, 0) is 0 Å². The summed E-state index contributed by atoms with van der Waals surface area (Å²) in [4.78, 5) is 28.9. The molecule has 5 rings (SSSR count). The smallest absolute Gasteiger partial charge is 0.277 e. The fraction of sp³-hybridized carbons (Fsp3) is 0.391. The van der Waals surface area contributed by atoms with Gasteiger partial charge in [0.2, 0.25) is 5.88 Å². The highest BCUT2D eigenvalue weighted by molar-refractivity contribution is 7.15. The number of nitrogens with zero attached hydrogens (tertiary/aromatic N) is 3. The van der Waals surface area contributed by atoms with Crippen molar-refractivity contribution in [2.24, 2.45) is 11.1 Å². The van der Waals surface area contributed by atoms with Gasteiger partial charge in [0.25, 0.3) is 17.0 Å². The Morgan fingerprint density at radius 2 is 1.94 bits per heavy atom. The van der Waals surface area contributed by atoms with Crippen LogP contribution in [0, 0.1) is 12.3 Å². The molecule has 2 saturated carbocycles. The minimum atomic E-state index is -0.578. The number of benzene rings is 1. The van der Waals surface area contributed by atoms with E-state index in [2.05, 4.69) is 15.4 Å². The van der Waals surface area contributed by atoms with E-state index in [1.807, 2.05) is 19.1 Å². The van der Waals surface area contributed by atoms with Crippen molar-refractivity contribution in [3.05, 3.63) is 51.6 Å². The van der Waals surface area contributed by atoms with Crippen LogP contribution in [0.3, 0.4) is 0 Å². The number of hydrogen-bond donors (Lipinski definition) is 2. The number of halogens is 1. The zero-order valence-corrected chi connectivity index (χ0v) is 20.3. The summed E-state index contributed by atoms with van der Waals surface area (Å²) in [6.45, 7) is 1.88. The van der Waals surface area contributed by atoms with Gasteiger partial charge in [-0.15, -0.1) is 0 Å². The Morgan fingerprint density at radius 3 is 2.59 bits per heavy atom. The van der Waals surface area contributed by atoms with Crippen LogP contribution in [0.5, 0.6) is 11.1 Å². The number of aromatic nitrogens is 3. The predicted octanol–water partition coefficient (Wildman–Crippen LogP) is 3.52. The van der Waals surface area contributed by atoms with E-state index in [9.17, 15) is 9.59 Å². The molecule has 9 nitrogen and oxygen atoms in total. The number of rotatable bonds is 7. The monoisotopic (exact) mass is 501 g/mol. The largest absolute Gasteiger partial charge is 0.473 e. The number of nitrogens with two attached hydrogens (primary N) is 1. The van der Waals surface area contributed by atoms with E-state index < -0.39 is 5.91 Å². The van der Waals surface area contributed by atoms with E-state index in [1.54, 1.807) is 23.0 Å². The molecular formula is C23H24ClN5O4S. The van der Waals surface area contributed by atoms with Crippen LogP contribution in [0.2, 0.25) is 5.02 Å². The molecule has 0 bridgehead atoms. The molecule has 2 aliphatic carbocycles.